The van der Waals surface area contributed by atoms with Crippen molar-refractivity contribution < 1.29 is 9.53 Å². The Labute approximate surface area is 107 Å². The molecule has 0 heterocycles. The van der Waals surface area contributed by atoms with Crippen LogP contribution in [0.3, 0.4) is 0 Å². The Morgan fingerprint density at radius 2 is 2.18 bits per heavy atom. The van der Waals surface area contributed by atoms with Crippen molar-refractivity contribution in [2.24, 2.45) is 5.92 Å². The maximum Gasteiger partial charge on any atom is 0.309 e. The second-order valence-corrected chi connectivity index (χ2v) is 4.28. The summed E-state index contributed by atoms with van der Waals surface area (Å²) in [6, 6.07) is 7.66. The fourth-order valence-electron chi connectivity index (χ4n) is 1.43. The molecular formula is C13H18ClNO2. The van der Waals surface area contributed by atoms with Gasteiger partial charge >= 0.3 is 5.97 Å². The van der Waals surface area contributed by atoms with Crippen LogP contribution in [-0.4, -0.2) is 19.1 Å². The SMILES string of the molecule is CCOC(=O)C(C)CNCc1ccccc1Cl. The summed E-state index contributed by atoms with van der Waals surface area (Å²) >= 11 is 6.02. The average molecular weight is 256 g/mol. The first-order valence-corrected chi connectivity index (χ1v) is 6.13. The predicted octanol–water partition coefficient (Wildman–Crippen LogP) is 2.63. The minimum Gasteiger partial charge on any atom is -0.466 e. The van der Waals surface area contributed by atoms with Gasteiger partial charge in [-0.05, 0) is 18.6 Å². The summed E-state index contributed by atoms with van der Waals surface area (Å²) in [7, 11) is 0. The molecule has 0 amide bonds. The van der Waals surface area contributed by atoms with Gasteiger partial charge in [0.25, 0.3) is 0 Å². The molecule has 94 valence electrons. The molecule has 0 fully saturated rings. The van der Waals surface area contributed by atoms with Gasteiger partial charge in [-0.25, -0.2) is 0 Å². The van der Waals surface area contributed by atoms with Gasteiger partial charge in [-0.15, -0.1) is 0 Å². The van der Waals surface area contributed by atoms with Gasteiger partial charge in [-0.1, -0.05) is 36.7 Å². The van der Waals surface area contributed by atoms with Crippen molar-refractivity contribution in [2.45, 2.75) is 20.4 Å². The van der Waals surface area contributed by atoms with E-state index in [2.05, 4.69) is 5.32 Å². The van der Waals surface area contributed by atoms with Crippen LogP contribution in [-0.2, 0) is 16.1 Å². The van der Waals surface area contributed by atoms with Crippen molar-refractivity contribution in [3.63, 3.8) is 0 Å². The third kappa shape index (κ3) is 4.75. The van der Waals surface area contributed by atoms with E-state index in [-0.39, 0.29) is 11.9 Å². The zero-order valence-corrected chi connectivity index (χ0v) is 11.0. The number of halogens is 1. The Bertz CT molecular complexity index is 368. The molecule has 0 spiro atoms. The molecule has 3 nitrogen and oxygen atoms in total. The van der Waals surface area contributed by atoms with Crippen LogP contribution in [0.5, 0.6) is 0 Å². The van der Waals surface area contributed by atoms with E-state index in [0.29, 0.717) is 19.7 Å². The Hall–Kier alpha value is -1.06. The Balaban J connectivity index is 2.33. The number of rotatable bonds is 6. The molecule has 0 aliphatic rings. The second-order valence-electron chi connectivity index (χ2n) is 3.88. The van der Waals surface area contributed by atoms with E-state index < -0.39 is 0 Å². The Kier molecular flexibility index (Phi) is 6.01. The van der Waals surface area contributed by atoms with Gasteiger partial charge in [0.2, 0.25) is 0 Å². The highest BCUT2D eigenvalue weighted by Crippen LogP contribution is 2.14. The number of esters is 1. The molecular weight excluding hydrogens is 238 g/mol. The van der Waals surface area contributed by atoms with E-state index in [1.165, 1.54) is 0 Å². The van der Waals surface area contributed by atoms with Gasteiger partial charge < -0.3 is 10.1 Å². The lowest BCUT2D eigenvalue weighted by atomic mass is 10.1. The van der Waals surface area contributed by atoms with Crippen molar-refractivity contribution in [3.05, 3.63) is 34.9 Å². The Morgan fingerprint density at radius 3 is 2.82 bits per heavy atom. The third-order valence-electron chi connectivity index (χ3n) is 2.41. The van der Waals surface area contributed by atoms with Crippen LogP contribution < -0.4 is 5.32 Å². The summed E-state index contributed by atoms with van der Waals surface area (Å²) in [5, 5.41) is 3.94. The molecule has 1 rings (SSSR count). The molecule has 1 aromatic carbocycles. The molecule has 17 heavy (non-hydrogen) atoms. The standard InChI is InChI=1S/C13H18ClNO2/c1-3-17-13(16)10(2)8-15-9-11-6-4-5-7-12(11)14/h4-7,10,15H,3,8-9H2,1-2H3. The van der Waals surface area contributed by atoms with Gasteiger partial charge in [0.1, 0.15) is 0 Å². The van der Waals surface area contributed by atoms with E-state index in [1.807, 2.05) is 38.1 Å². The fraction of sp³-hybridized carbons (Fsp3) is 0.462. The summed E-state index contributed by atoms with van der Waals surface area (Å²) in [5.41, 5.74) is 1.03. The number of hydrogen-bond donors (Lipinski definition) is 1. The van der Waals surface area contributed by atoms with Gasteiger partial charge in [-0.3, -0.25) is 4.79 Å². The summed E-state index contributed by atoms with van der Waals surface area (Å²) in [6.45, 7) is 5.32. The maximum absolute atomic E-state index is 11.4. The number of nitrogens with one attached hydrogen (secondary N) is 1. The number of hydrogen-bond acceptors (Lipinski definition) is 3. The first-order valence-electron chi connectivity index (χ1n) is 5.76. The quantitative estimate of drug-likeness (QED) is 0.795. The monoisotopic (exact) mass is 255 g/mol. The molecule has 0 aliphatic heterocycles. The first kappa shape index (κ1) is 14.0. The minimum absolute atomic E-state index is 0.141. The minimum atomic E-state index is -0.167. The van der Waals surface area contributed by atoms with Crippen LogP contribution in [0.1, 0.15) is 19.4 Å². The molecule has 0 saturated carbocycles. The number of carbonyl (C=O) groups is 1. The molecule has 1 atom stereocenters. The lowest BCUT2D eigenvalue weighted by molar-refractivity contribution is -0.147. The average Bonchev–Trinajstić information content (AvgIpc) is 2.31. The number of benzene rings is 1. The van der Waals surface area contributed by atoms with Crippen molar-refractivity contribution in [1.29, 1.82) is 0 Å². The van der Waals surface area contributed by atoms with E-state index in [1.54, 1.807) is 0 Å². The molecule has 1 aromatic rings. The van der Waals surface area contributed by atoms with Crippen LogP contribution in [0.15, 0.2) is 24.3 Å². The van der Waals surface area contributed by atoms with E-state index in [4.69, 9.17) is 16.3 Å². The van der Waals surface area contributed by atoms with Crippen LogP contribution in [0.4, 0.5) is 0 Å². The van der Waals surface area contributed by atoms with Crippen molar-refractivity contribution in [2.75, 3.05) is 13.2 Å². The van der Waals surface area contributed by atoms with E-state index in [9.17, 15) is 4.79 Å². The lowest BCUT2D eigenvalue weighted by Crippen LogP contribution is -2.27. The molecule has 0 bridgehead atoms. The fourth-order valence-corrected chi connectivity index (χ4v) is 1.64. The van der Waals surface area contributed by atoms with Crippen LogP contribution in [0, 0.1) is 5.92 Å². The van der Waals surface area contributed by atoms with Crippen molar-refractivity contribution in [1.82, 2.24) is 5.32 Å². The first-order chi connectivity index (χ1) is 8.15. The third-order valence-corrected chi connectivity index (χ3v) is 2.78. The molecule has 0 radical (unpaired) electrons. The van der Waals surface area contributed by atoms with E-state index >= 15 is 0 Å². The highest BCUT2D eigenvalue weighted by molar-refractivity contribution is 6.31. The Morgan fingerprint density at radius 1 is 1.47 bits per heavy atom. The molecule has 1 N–H and O–H groups in total. The molecule has 0 saturated heterocycles. The topological polar surface area (TPSA) is 38.3 Å². The highest BCUT2D eigenvalue weighted by atomic mass is 35.5. The van der Waals surface area contributed by atoms with Crippen LogP contribution in [0.25, 0.3) is 0 Å². The number of carbonyl (C=O) groups excluding carboxylic acids is 1. The zero-order valence-electron chi connectivity index (χ0n) is 10.2. The van der Waals surface area contributed by atoms with Crippen molar-refractivity contribution >= 4 is 17.6 Å². The smallest absolute Gasteiger partial charge is 0.309 e. The largest absolute Gasteiger partial charge is 0.466 e. The summed E-state index contributed by atoms with van der Waals surface area (Å²) in [5.74, 6) is -0.309. The summed E-state index contributed by atoms with van der Waals surface area (Å²) < 4.78 is 4.93. The maximum atomic E-state index is 11.4. The van der Waals surface area contributed by atoms with Crippen molar-refractivity contribution in [3.8, 4) is 0 Å². The van der Waals surface area contributed by atoms with Gasteiger partial charge in [0.05, 0.1) is 12.5 Å². The summed E-state index contributed by atoms with van der Waals surface area (Å²) in [6.07, 6.45) is 0. The molecule has 4 heteroatoms. The van der Waals surface area contributed by atoms with Crippen LogP contribution >= 0.6 is 11.6 Å². The lowest BCUT2D eigenvalue weighted by Gasteiger charge is -2.12. The molecule has 0 aromatic heterocycles. The predicted molar refractivity (Wildman–Crippen MR) is 69.0 cm³/mol. The van der Waals surface area contributed by atoms with Gasteiger partial charge in [0, 0.05) is 18.1 Å². The molecule has 1 unspecified atom stereocenters. The van der Waals surface area contributed by atoms with E-state index in [0.717, 1.165) is 10.6 Å². The summed E-state index contributed by atoms with van der Waals surface area (Å²) in [4.78, 5) is 11.4. The molecule has 0 aliphatic carbocycles. The highest BCUT2D eigenvalue weighted by Gasteiger charge is 2.13. The van der Waals surface area contributed by atoms with Gasteiger partial charge in [0.15, 0.2) is 0 Å². The normalized spacial score (nSPS) is 12.2. The van der Waals surface area contributed by atoms with Gasteiger partial charge in [-0.2, -0.15) is 0 Å². The zero-order chi connectivity index (χ0) is 12.7. The number of ether oxygens (including phenoxy) is 1. The second kappa shape index (κ2) is 7.30. The van der Waals surface area contributed by atoms with Crippen LogP contribution in [0.2, 0.25) is 5.02 Å².